The molecule has 0 aliphatic carbocycles. The van der Waals surface area contributed by atoms with E-state index >= 15 is 0 Å². The summed E-state index contributed by atoms with van der Waals surface area (Å²) in [5, 5.41) is 0. The van der Waals surface area contributed by atoms with Crippen molar-refractivity contribution in [3.8, 4) is 5.75 Å². The maximum atomic E-state index is 6.05. The Hall–Kier alpha value is -0.710. The molecule has 0 spiro atoms. The fraction of sp³-hybridized carbons (Fsp3) is 0.538. The first-order valence-electron chi connectivity index (χ1n) is 5.95. The van der Waals surface area contributed by atoms with Gasteiger partial charge in [0, 0.05) is 29.8 Å². The van der Waals surface area contributed by atoms with Crippen molar-refractivity contribution >= 4 is 11.8 Å². The van der Waals surface area contributed by atoms with Gasteiger partial charge in [-0.15, -0.1) is 11.8 Å². The van der Waals surface area contributed by atoms with Gasteiger partial charge in [-0.05, 0) is 18.4 Å². The van der Waals surface area contributed by atoms with Crippen molar-refractivity contribution in [1.29, 1.82) is 0 Å². The number of ether oxygens (including phenoxy) is 2. The van der Waals surface area contributed by atoms with E-state index in [1.54, 1.807) is 11.8 Å². The first-order valence-corrected chi connectivity index (χ1v) is 7.18. The Kier molecular flexibility index (Phi) is 4.71. The van der Waals surface area contributed by atoms with Crippen LogP contribution in [0.5, 0.6) is 5.75 Å². The Balaban J connectivity index is 2.13. The highest BCUT2D eigenvalue weighted by Crippen LogP contribution is 2.30. The van der Waals surface area contributed by atoms with Crippen LogP contribution in [0.2, 0.25) is 0 Å². The number of nitrogens with two attached hydrogens (primary N) is 1. The fourth-order valence-corrected chi connectivity index (χ4v) is 2.67. The first-order chi connectivity index (χ1) is 8.35. The van der Waals surface area contributed by atoms with Crippen molar-refractivity contribution in [2.45, 2.75) is 30.4 Å². The van der Waals surface area contributed by atoms with Crippen LogP contribution in [0.3, 0.4) is 0 Å². The summed E-state index contributed by atoms with van der Waals surface area (Å²) in [7, 11) is 0. The third-order valence-electron chi connectivity index (χ3n) is 2.98. The van der Waals surface area contributed by atoms with Gasteiger partial charge in [-0.3, -0.25) is 0 Å². The lowest BCUT2D eigenvalue weighted by atomic mass is 10.1. The summed E-state index contributed by atoms with van der Waals surface area (Å²) in [6.45, 7) is 2.12. The maximum absolute atomic E-state index is 6.05. The third-order valence-corrected chi connectivity index (χ3v) is 3.80. The van der Waals surface area contributed by atoms with Crippen LogP contribution in [0.1, 0.15) is 18.4 Å². The molecule has 1 fully saturated rings. The van der Waals surface area contributed by atoms with Gasteiger partial charge in [-0.2, -0.15) is 0 Å². The summed E-state index contributed by atoms with van der Waals surface area (Å²) in [4.78, 5) is 1.21. The van der Waals surface area contributed by atoms with Crippen LogP contribution in [0.4, 0.5) is 0 Å². The van der Waals surface area contributed by atoms with E-state index in [-0.39, 0.29) is 6.10 Å². The number of hydrogen-bond acceptors (Lipinski definition) is 4. The predicted molar refractivity (Wildman–Crippen MR) is 70.6 cm³/mol. The van der Waals surface area contributed by atoms with E-state index in [4.69, 9.17) is 15.2 Å². The van der Waals surface area contributed by atoms with Crippen molar-refractivity contribution < 1.29 is 9.47 Å². The largest absolute Gasteiger partial charge is 0.490 e. The highest BCUT2D eigenvalue weighted by Gasteiger charge is 2.17. The van der Waals surface area contributed by atoms with Crippen molar-refractivity contribution in [1.82, 2.24) is 0 Å². The van der Waals surface area contributed by atoms with E-state index in [0.717, 1.165) is 37.4 Å². The SMILES string of the molecule is CSc1cccc(OC2CCOCC2)c1CN. The summed E-state index contributed by atoms with van der Waals surface area (Å²) in [5.41, 5.74) is 6.93. The van der Waals surface area contributed by atoms with E-state index < -0.39 is 0 Å². The smallest absolute Gasteiger partial charge is 0.125 e. The third kappa shape index (κ3) is 3.15. The molecule has 1 saturated heterocycles. The molecule has 0 amide bonds. The molecule has 1 aliphatic heterocycles. The zero-order valence-corrected chi connectivity index (χ0v) is 11.0. The summed E-state index contributed by atoms with van der Waals surface area (Å²) < 4.78 is 11.4. The van der Waals surface area contributed by atoms with Crippen LogP contribution in [-0.2, 0) is 11.3 Å². The topological polar surface area (TPSA) is 44.5 Å². The molecule has 0 saturated carbocycles. The molecular formula is C13H19NO2S. The van der Waals surface area contributed by atoms with Gasteiger partial charge >= 0.3 is 0 Å². The minimum atomic E-state index is 0.270. The Morgan fingerprint density at radius 1 is 1.41 bits per heavy atom. The molecule has 0 radical (unpaired) electrons. The van der Waals surface area contributed by atoms with Crippen molar-refractivity contribution in [3.63, 3.8) is 0 Å². The minimum Gasteiger partial charge on any atom is -0.490 e. The van der Waals surface area contributed by atoms with E-state index in [2.05, 4.69) is 12.3 Å². The summed E-state index contributed by atoms with van der Waals surface area (Å²) >= 11 is 1.71. The molecule has 2 rings (SSSR count). The maximum Gasteiger partial charge on any atom is 0.125 e. The normalized spacial score (nSPS) is 17.1. The lowest BCUT2D eigenvalue weighted by Crippen LogP contribution is -2.26. The predicted octanol–water partition coefficient (Wildman–Crippen LogP) is 2.42. The van der Waals surface area contributed by atoms with Crippen LogP contribution >= 0.6 is 11.8 Å². The molecule has 3 nitrogen and oxygen atoms in total. The molecule has 0 bridgehead atoms. The molecule has 4 heteroatoms. The summed E-state index contributed by atoms with van der Waals surface area (Å²) in [6.07, 6.45) is 4.26. The van der Waals surface area contributed by atoms with Crippen LogP contribution in [0.25, 0.3) is 0 Å². The molecule has 2 N–H and O–H groups in total. The molecule has 94 valence electrons. The van der Waals surface area contributed by atoms with Gasteiger partial charge in [0.1, 0.15) is 11.9 Å². The second-order valence-electron chi connectivity index (χ2n) is 4.07. The Morgan fingerprint density at radius 3 is 2.82 bits per heavy atom. The average molecular weight is 253 g/mol. The Morgan fingerprint density at radius 2 is 2.18 bits per heavy atom. The van der Waals surface area contributed by atoms with Gasteiger partial charge in [0.05, 0.1) is 13.2 Å². The molecule has 0 atom stereocenters. The van der Waals surface area contributed by atoms with Crippen molar-refractivity contribution in [2.24, 2.45) is 5.73 Å². The van der Waals surface area contributed by atoms with Crippen LogP contribution in [0, 0.1) is 0 Å². The fourth-order valence-electron chi connectivity index (χ4n) is 2.02. The van der Waals surface area contributed by atoms with Crippen LogP contribution in [0.15, 0.2) is 23.1 Å². The minimum absolute atomic E-state index is 0.270. The van der Waals surface area contributed by atoms with Gasteiger partial charge in [-0.1, -0.05) is 6.07 Å². The summed E-state index contributed by atoms with van der Waals surface area (Å²) in [6, 6.07) is 6.13. The Bertz CT molecular complexity index is 364. The second kappa shape index (κ2) is 6.28. The zero-order valence-electron chi connectivity index (χ0n) is 10.1. The van der Waals surface area contributed by atoms with Crippen LogP contribution < -0.4 is 10.5 Å². The van der Waals surface area contributed by atoms with Gasteiger partial charge in [0.15, 0.2) is 0 Å². The van der Waals surface area contributed by atoms with E-state index in [1.165, 1.54) is 4.90 Å². The van der Waals surface area contributed by atoms with Gasteiger partial charge in [-0.25, -0.2) is 0 Å². The molecule has 1 aliphatic rings. The molecule has 0 unspecified atom stereocenters. The van der Waals surface area contributed by atoms with E-state index in [1.807, 2.05) is 12.1 Å². The number of thioether (sulfide) groups is 1. The molecular weight excluding hydrogens is 234 g/mol. The van der Waals surface area contributed by atoms with Crippen LogP contribution in [-0.4, -0.2) is 25.6 Å². The lowest BCUT2D eigenvalue weighted by Gasteiger charge is -2.25. The van der Waals surface area contributed by atoms with E-state index in [0.29, 0.717) is 6.54 Å². The zero-order chi connectivity index (χ0) is 12.1. The molecule has 17 heavy (non-hydrogen) atoms. The molecule has 0 aromatic heterocycles. The van der Waals surface area contributed by atoms with Gasteiger partial charge in [0.25, 0.3) is 0 Å². The number of hydrogen-bond donors (Lipinski definition) is 1. The van der Waals surface area contributed by atoms with Gasteiger partial charge < -0.3 is 15.2 Å². The Labute approximate surface area is 107 Å². The number of benzene rings is 1. The highest BCUT2D eigenvalue weighted by atomic mass is 32.2. The van der Waals surface area contributed by atoms with Crippen molar-refractivity contribution in [3.05, 3.63) is 23.8 Å². The molecule has 1 aromatic carbocycles. The molecule has 1 heterocycles. The summed E-state index contributed by atoms with van der Waals surface area (Å²) in [5.74, 6) is 0.936. The number of rotatable bonds is 4. The first kappa shape index (κ1) is 12.7. The van der Waals surface area contributed by atoms with Crippen molar-refractivity contribution in [2.75, 3.05) is 19.5 Å². The highest BCUT2D eigenvalue weighted by molar-refractivity contribution is 7.98. The second-order valence-corrected chi connectivity index (χ2v) is 4.92. The average Bonchev–Trinajstić information content (AvgIpc) is 2.39. The standard InChI is InChI=1S/C13H19NO2S/c1-17-13-4-2-3-12(11(13)9-14)16-10-5-7-15-8-6-10/h2-4,10H,5-9,14H2,1H3. The lowest BCUT2D eigenvalue weighted by molar-refractivity contribution is 0.0251. The molecule has 1 aromatic rings. The quantitative estimate of drug-likeness (QED) is 0.837. The monoisotopic (exact) mass is 253 g/mol. The van der Waals surface area contributed by atoms with E-state index in [9.17, 15) is 0 Å². The van der Waals surface area contributed by atoms with Gasteiger partial charge in [0.2, 0.25) is 0 Å².